The van der Waals surface area contributed by atoms with E-state index in [9.17, 15) is 0 Å². The van der Waals surface area contributed by atoms with Crippen LogP contribution in [0.15, 0.2) is 4.47 Å². The summed E-state index contributed by atoms with van der Waals surface area (Å²) in [5, 5.41) is 4.42. The Bertz CT molecular complexity index is 308. The van der Waals surface area contributed by atoms with E-state index in [2.05, 4.69) is 33.4 Å². The van der Waals surface area contributed by atoms with Crippen LogP contribution in [0.3, 0.4) is 0 Å². The summed E-state index contributed by atoms with van der Waals surface area (Å²) in [4.78, 5) is 0. The van der Waals surface area contributed by atoms with Crippen LogP contribution in [0.5, 0.6) is 0 Å². The topological polar surface area (TPSA) is 55.9 Å². The third-order valence-electron chi connectivity index (χ3n) is 2.29. The average molecular weight is 261 g/mol. The Balaban J connectivity index is 2.90. The number of nitrogens with zero attached hydrogens (tertiary/aromatic N) is 2. The summed E-state index contributed by atoms with van der Waals surface area (Å²) in [6.45, 7) is 4.15. The molecule has 5 heteroatoms. The zero-order chi connectivity index (χ0) is 10.7. The third kappa shape index (κ3) is 2.34. The van der Waals surface area contributed by atoms with Gasteiger partial charge in [-0.05, 0) is 29.3 Å². The van der Waals surface area contributed by atoms with Gasteiger partial charge in [-0.3, -0.25) is 16.0 Å². The predicted molar refractivity (Wildman–Crippen MR) is 60.8 cm³/mol. The van der Waals surface area contributed by atoms with E-state index in [1.165, 1.54) is 5.69 Å². The zero-order valence-electron chi connectivity index (χ0n) is 8.84. The highest BCUT2D eigenvalue weighted by Gasteiger charge is 2.14. The molecule has 0 aliphatic rings. The molecule has 1 aromatic rings. The number of nitrogens with two attached hydrogens (primary N) is 1. The van der Waals surface area contributed by atoms with Gasteiger partial charge in [0.25, 0.3) is 0 Å². The van der Waals surface area contributed by atoms with Crippen LogP contribution in [0.1, 0.15) is 25.2 Å². The number of hydrogen-bond acceptors (Lipinski definition) is 3. The molecule has 0 amide bonds. The van der Waals surface area contributed by atoms with Gasteiger partial charge >= 0.3 is 0 Å². The largest absolute Gasteiger partial charge is 0.271 e. The molecule has 1 unspecified atom stereocenters. The maximum atomic E-state index is 5.36. The summed E-state index contributed by atoms with van der Waals surface area (Å²) in [6.07, 6.45) is 1.82. The lowest BCUT2D eigenvalue weighted by atomic mass is 10.2. The molecule has 0 fully saturated rings. The molecule has 0 aliphatic carbocycles. The minimum absolute atomic E-state index is 0.256. The summed E-state index contributed by atoms with van der Waals surface area (Å²) in [5.74, 6) is 5.36. The van der Waals surface area contributed by atoms with Crippen LogP contribution in [0.4, 0.5) is 0 Å². The first-order chi connectivity index (χ1) is 6.60. The van der Waals surface area contributed by atoms with Crippen LogP contribution >= 0.6 is 15.9 Å². The third-order valence-corrected chi connectivity index (χ3v) is 3.20. The molecule has 1 heterocycles. The summed E-state index contributed by atoms with van der Waals surface area (Å²) in [6, 6.07) is 0.256. The quantitative estimate of drug-likeness (QED) is 0.631. The van der Waals surface area contributed by atoms with Gasteiger partial charge in [-0.15, -0.1) is 0 Å². The van der Waals surface area contributed by atoms with E-state index in [0.29, 0.717) is 0 Å². The molecule has 0 spiro atoms. The Morgan fingerprint density at radius 2 is 2.29 bits per heavy atom. The van der Waals surface area contributed by atoms with Gasteiger partial charge in [-0.2, -0.15) is 5.10 Å². The second kappa shape index (κ2) is 4.91. The Hall–Kier alpha value is -0.390. The van der Waals surface area contributed by atoms with Crippen LogP contribution in [-0.2, 0) is 19.9 Å². The van der Waals surface area contributed by atoms with Crippen molar-refractivity contribution in [3.05, 3.63) is 15.9 Å². The van der Waals surface area contributed by atoms with Crippen molar-refractivity contribution in [1.82, 2.24) is 15.2 Å². The Morgan fingerprint density at radius 1 is 1.64 bits per heavy atom. The van der Waals surface area contributed by atoms with E-state index in [-0.39, 0.29) is 6.04 Å². The molecular weight excluding hydrogens is 244 g/mol. The van der Waals surface area contributed by atoms with Crippen LogP contribution in [0.2, 0.25) is 0 Å². The van der Waals surface area contributed by atoms with Crippen LogP contribution < -0.4 is 11.3 Å². The van der Waals surface area contributed by atoms with Crippen molar-refractivity contribution in [3.8, 4) is 0 Å². The Kier molecular flexibility index (Phi) is 4.10. The first-order valence-corrected chi connectivity index (χ1v) is 5.55. The number of rotatable bonds is 4. The van der Waals surface area contributed by atoms with Crippen molar-refractivity contribution in [1.29, 1.82) is 0 Å². The summed E-state index contributed by atoms with van der Waals surface area (Å²) in [7, 11) is 1.96. The molecule has 3 N–H and O–H groups in total. The molecule has 1 aromatic heterocycles. The fourth-order valence-corrected chi connectivity index (χ4v) is 2.17. The molecule has 1 rings (SSSR count). The van der Waals surface area contributed by atoms with E-state index in [1.54, 1.807) is 0 Å². The van der Waals surface area contributed by atoms with E-state index < -0.39 is 0 Å². The Morgan fingerprint density at radius 3 is 2.71 bits per heavy atom. The molecule has 14 heavy (non-hydrogen) atoms. The molecule has 0 radical (unpaired) electrons. The Labute approximate surface area is 93.0 Å². The van der Waals surface area contributed by atoms with Crippen molar-refractivity contribution in [2.24, 2.45) is 12.9 Å². The number of aryl methyl sites for hydroxylation is 2. The molecule has 4 nitrogen and oxygen atoms in total. The fourth-order valence-electron chi connectivity index (χ4n) is 1.39. The van der Waals surface area contributed by atoms with E-state index in [0.717, 1.165) is 23.0 Å². The number of aromatic nitrogens is 2. The maximum Gasteiger partial charge on any atom is 0.0766 e. The predicted octanol–water partition coefficient (Wildman–Crippen LogP) is 1.14. The van der Waals surface area contributed by atoms with Crippen molar-refractivity contribution in [2.45, 2.75) is 32.7 Å². The maximum absolute atomic E-state index is 5.36. The van der Waals surface area contributed by atoms with Crippen molar-refractivity contribution in [3.63, 3.8) is 0 Å². The van der Waals surface area contributed by atoms with Gasteiger partial charge in [0.05, 0.1) is 15.9 Å². The molecule has 1 atom stereocenters. The molecule has 0 aliphatic heterocycles. The van der Waals surface area contributed by atoms with Gasteiger partial charge in [0.2, 0.25) is 0 Å². The standard InChI is InChI=1S/C9H17BrN4/c1-4-7-9(10)8(14(3)13-7)5-6(2)12-11/h6,12H,4-5,11H2,1-3H3. The van der Waals surface area contributed by atoms with Gasteiger partial charge in [0, 0.05) is 19.5 Å². The fraction of sp³-hybridized carbons (Fsp3) is 0.667. The van der Waals surface area contributed by atoms with Crippen molar-refractivity contribution < 1.29 is 0 Å². The van der Waals surface area contributed by atoms with Gasteiger partial charge in [-0.1, -0.05) is 6.92 Å². The van der Waals surface area contributed by atoms with Gasteiger partial charge in [-0.25, -0.2) is 0 Å². The lowest BCUT2D eigenvalue weighted by Crippen LogP contribution is -2.34. The summed E-state index contributed by atoms with van der Waals surface area (Å²) < 4.78 is 3.03. The van der Waals surface area contributed by atoms with Crippen LogP contribution in [0, 0.1) is 0 Å². The average Bonchev–Trinajstić information content (AvgIpc) is 2.44. The number of nitrogens with one attached hydrogen (secondary N) is 1. The highest BCUT2D eigenvalue weighted by atomic mass is 79.9. The smallest absolute Gasteiger partial charge is 0.0766 e. The molecule has 0 saturated heterocycles. The molecule has 0 aromatic carbocycles. The second-order valence-corrected chi connectivity index (χ2v) is 4.25. The van der Waals surface area contributed by atoms with Gasteiger partial charge < -0.3 is 0 Å². The molecule has 80 valence electrons. The minimum atomic E-state index is 0.256. The highest BCUT2D eigenvalue weighted by molar-refractivity contribution is 9.10. The first-order valence-electron chi connectivity index (χ1n) is 4.76. The lowest BCUT2D eigenvalue weighted by molar-refractivity contribution is 0.543. The van der Waals surface area contributed by atoms with E-state index in [1.807, 2.05) is 18.7 Å². The van der Waals surface area contributed by atoms with E-state index in [4.69, 9.17) is 5.84 Å². The second-order valence-electron chi connectivity index (χ2n) is 3.46. The minimum Gasteiger partial charge on any atom is -0.271 e. The lowest BCUT2D eigenvalue weighted by Gasteiger charge is -2.09. The highest BCUT2D eigenvalue weighted by Crippen LogP contribution is 2.22. The molecular formula is C9H17BrN4. The van der Waals surface area contributed by atoms with Crippen LogP contribution in [-0.4, -0.2) is 15.8 Å². The van der Waals surface area contributed by atoms with Gasteiger partial charge in [0.15, 0.2) is 0 Å². The van der Waals surface area contributed by atoms with E-state index >= 15 is 0 Å². The monoisotopic (exact) mass is 260 g/mol. The molecule has 0 bridgehead atoms. The first kappa shape index (κ1) is 11.7. The number of hydrogen-bond donors (Lipinski definition) is 2. The SMILES string of the molecule is CCc1nn(C)c(CC(C)NN)c1Br. The summed E-state index contributed by atoms with van der Waals surface area (Å²) in [5.41, 5.74) is 5.02. The normalized spacial score (nSPS) is 13.2. The number of hydrazine groups is 1. The molecule has 0 saturated carbocycles. The van der Waals surface area contributed by atoms with Gasteiger partial charge in [0.1, 0.15) is 0 Å². The van der Waals surface area contributed by atoms with Crippen LogP contribution in [0.25, 0.3) is 0 Å². The van der Waals surface area contributed by atoms with Crippen molar-refractivity contribution >= 4 is 15.9 Å². The van der Waals surface area contributed by atoms with Crippen molar-refractivity contribution in [2.75, 3.05) is 0 Å². The summed E-state index contributed by atoms with van der Waals surface area (Å²) >= 11 is 3.57. The number of halogens is 1. The zero-order valence-corrected chi connectivity index (χ0v) is 10.4.